The number of rotatable bonds is 49. The van der Waals surface area contributed by atoms with E-state index in [1.807, 2.05) is 0 Å². The lowest BCUT2D eigenvalue weighted by atomic mass is 9.87. The van der Waals surface area contributed by atoms with Crippen molar-refractivity contribution in [2.75, 3.05) is 32.8 Å². The van der Waals surface area contributed by atoms with E-state index in [0.717, 1.165) is 38.8 Å². The van der Waals surface area contributed by atoms with Crippen LogP contribution in [0.25, 0.3) is 0 Å². The van der Waals surface area contributed by atoms with Crippen molar-refractivity contribution in [3.8, 4) is 12.3 Å². The van der Waals surface area contributed by atoms with Gasteiger partial charge in [-0.2, -0.15) is 0 Å². The van der Waals surface area contributed by atoms with Crippen LogP contribution in [0.3, 0.4) is 0 Å². The SMILES string of the molecule is C#CCN(CCCCCCCC(=C)CC(CCCCCCCC)CCCCCCCC)CCCCCCCC(=C)CC(CCCCCCCC)COCCCCCC. The second kappa shape index (κ2) is 47.0. The van der Waals surface area contributed by atoms with E-state index in [-0.39, 0.29) is 0 Å². The van der Waals surface area contributed by atoms with Gasteiger partial charge in [-0.25, -0.2) is 0 Å². The van der Waals surface area contributed by atoms with Gasteiger partial charge >= 0.3 is 0 Å². The lowest BCUT2D eigenvalue weighted by Gasteiger charge is -2.20. The van der Waals surface area contributed by atoms with Crippen LogP contribution in [0.5, 0.6) is 0 Å². The van der Waals surface area contributed by atoms with E-state index in [1.165, 1.54) is 262 Å². The first-order chi connectivity index (χ1) is 28.5. The Hall–Kier alpha value is -1.04. The van der Waals surface area contributed by atoms with Gasteiger partial charge in [0.1, 0.15) is 0 Å². The number of nitrogens with zero attached hydrogens (tertiary/aromatic N) is 1. The molecule has 0 radical (unpaired) electrons. The van der Waals surface area contributed by atoms with E-state index in [1.54, 1.807) is 0 Å². The fraction of sp³-hybridized carbons (Fsp3) is 0.893. The predicted octanol–water partition coefficient (Wildman–Crippen LogP) is 18.6. The van der Waals surface area contributed by atoms with Crippen LogP contribution >= 0.6 is 0 Å². The summed E-state index contributed by atoms with van der Waals surface area (Å²) in [7, 11) is 0. The highest BCUT2D eigenvalue weighted by Gasteiger charge is 2.13. The normalized spacial score (nSPS) is 12.2. The molecule has 0 aliphatic rings. The molecule has 0 rings (SSSR count). The average molecular weight is 810 g/mol. The van der Waals surface area contributed by atoms with Gasteiger partial charge < -0.3 is 4.74 Å². The number of hydrogen-bond acceptors (Lipinski definition) is 2. The lowest BCUT2D eigenvalue weighted by molar-refractivity contribution is 0.0917. The Morgan fingerprint density at radius 1 is 0.448 bits per heavy atom. The fourth-order valence-electron chi connectivity index (χ4n) is 9.01. The molecule has 1 atom stereocenters. The third-order valence-electron chi connectivity index (χ3n) is 12.9. The van der Waals surface area contributed by atoms with E-state index in [4.69, 9.17) is 11.2 Å². The van der Waals surface area contributed by atoms with Crippen molar-refractivity contribution in [1.29, 1.82) is 0 Å². The Bertz CT molecular complexity index is 790. The molecule has 2 nitrogen and oxygen atoms in total. The summed E-state index contributed by atoms with van der Waals surface area (Å²) in [5.41, 5.74) is 3.00. The number of unbranched alkanes of at least 4 members (excludes halogenated alkanes) is 26. The van der Waals surface area contributed by atoms with E-state index in [2.05, 4.69) is 51.7 Å². The highest BCUT2D eigenvalue weighted by molar-refractivity contribution is 4.96. The summed E-state index contributed by atoms with van der Waals surface area (Å²) in [5.74, 6) is 4.48. The fourth-order valence-corrected chi connectivity index (χ4v) is 9.01. The topological polar surface area (TPSA) is 12.5 Å². The summed E-state index contributed by atoms with van der Waals surface area (Å²) in [5, 5.41) is 0. The minimum absolute atomic E-state index is 0.661. The van der Waals surface area contributed by atoms with Gasteiger partial charge in [-0.1, -0.05) is 244 Å². The van der Waals surface area contributed by atoms with Gasteiger partial charge in [0, 0.05) is 13.2 Å². The molecule has 0 aliphatic heterocycles. The first kappa shape index (κ1) is 57.0. The highest BCUT2D eigenvalue weighted by Crippen LogP contribution is 2.27. The van der Waals surface area contributed by atoms with Crippen LogP contribution in [0, 0.1) is 24.2 Å². The van der Waals surface area contributed by atoms with E-state index < -0.39 is 0 Å². The number of ether oxygens (including phenoxy) is 1. The van der Waals surface area contributed by atoms with Crippen LogP contribution in [0.15, 0.2) is 24.3 Å². The maximum absolute atomic E-state index is 6.19. The molecule has 58 heavy (non-hydrogen) atoms. The van der Waals surface area contributed by atoms with Crippen LogP contribution in [0.4, 0.5) is 0 Å². The smallest absolute Gasteiger partial charge is 0.0598 e. The zero-order valence-corrected chi connectivity index (χ0v) is 40.6. The molecule has 0 N–H and O–H groups in total. The summed E-state index contributed by atoms with van der Waals surface area (Å²) in [6, 6.07) is 0. The molecule has 0 heterocycles. The summed E-state index contributed by atoms with van der Waals surface area (Å²) >= 11 is 0. The quantitative estimate of drug-likeness (QED) is 0.0345. The number of hydrogen-bond donors (Lipinski definition) is 0. The minimum Gasteiger partial charge on any atom is -0.381 e. The molecule has 0 aliphatic carbocycles. The Kier molecular flexibility index (Phi) is 46.2. The zero-order chi connectivity index (χ0) is 42.4. The Morgan fingerprint density at radius 3 is 1.22 bits per heavy atom. The molecule has 1 unspecified atom stereocenters. The van der Waals surface area contributed by atoms with Gasteiger partial charge in [0.15, 0.2) is 0 Å². The monoisotopic (exact) mass is 810 g/mol. The van der Waals surface area contributed by atoms with Gasteiger partial charge in [-0.15, -0.1) is 6.42 Å². The van der Waals surface area contributed by atoms with Crippen LogP contribution in [0.1, 0.15) is 278 Å². The van der Waals surface area contributed by atoms with Crippen molar-refractivity contribution in [3.05, 3.63) is 24.3 Å². The molecule has 0 saturated heterocycles. The first-order valence-electron chi connectivity index (χ1n) is 26.6. The van der Waals surface area contributed by atoms with E-state index in [9.17, 15) is 0 Å². The molecule has 0 aromatic heterocycles. The summed E-state index contributed by atoms with van der Waals surface area (Å²) in [6.07, 6.45) is 58.5. The molecule has 0 fully saturated rings. The molecule has 0 aromatic carbocycles. The van der Waals surface area contributed by atoms with Crippen molar-refractivity contribution in [2.45, 2.75) is 278 Å². The number of allylic oxidation sites excluding steroid dienone is 2. The van der Waals surface area contributed by atoms with Gasteiger partial charge in [0.05, 0.1) is 6.54 Å². The number of terminal acetylenes is 1. The molecule has 0 spiro atoms. The summed E-state index contributed by atoms with van der Waals surface area (Å²) in [4.78, 5) is 2.54. The van der Waals surface area contributed by atoms with Crippen LogP contribution in [-0.2, 0) is 4.74 Å². The van der Waals surface area contributed by atoms with E-state index in [0.29, 0.717) is 5.92 Å². The third kappa shape index (κ3) is 41.7. The van der Waals surface area contributed by atoms with Crippen molar-refractivity contribution in [3.63, 3.8) is 0 Å². The molecular formula is C56H107NO. The van der Waals surface area contributed by atoms with Gasteiger partial charge in [0.2, 0.25) is 0 Å². The molecule has 2 heteroatoms. The van der Waals surface area contributed by atoms with Crippen molar-refractivity contribution in [1.82, 2.24) is 4.90 Å². The second-order valence-corrected chi connectivity index (χ2v) is 19.0. The first-order valence-corrected chi connectivity index (χ1v) is 26.6. The summed E-state index contributed by atoms with van der Waals surface area (Å²) < 4.78 is 6.19. The van der Waals surface area contributed by atoms with Gasteiger partial charge in [-0.05, 0) is 89.1 Å². The Balaban J connectivity index is 4.22. The molecule has 0 saturated carbocycles. The van der Waals surface area contributed by atoms with Gasteiger partial charge in [0.25, 0.3) is 0 Å². The standard InChI is InChI=1S/C56H107NO/c1-8-13-17-21-28-35-43-55(44-36-29-22-18-14-9-2)50-53(6)41-33-26-24-31-38-47-57(46-12-5)48-39-32-25-27-34-42-54(7)51-56(45-37-30-23-19-15-10-3)52-58-49-40-20-16-11-4/h5,55-56H,6-11,13-52H2,1-4H3. The molecule has 0 bridgehead atoms. The van der Waals surface area contributed by atoms with E-state index >= 15 is 0 Å². The minimum atomic E-state index is 0.661. The van der Waals surface area contributed by atoms with Crippen molar-refractivity contribution in [2.24, 2.45) is 11.8 Å². The third-order valence-corrected chi connectivity index (χ3v) is 12.9. The summed E-state index contributed by atoms with van der Waals surface area (Å²) in [6.45, 7) is 23.3. The maximum Gasteiger partial charge on any atom is 0.0598 e. The lowest BCUT2D eigenvalue weighted by Crippen LogP contribution is -2.26. The Morgan fingerprint density at radius 2 is 0.793 bits per heavy atom. The van der Waals surface area contributed by atoms with Crippen LogP contribution < -0.4 is 0 Å². The van der Waals surface area contributed by atoms with Crippen molar-refractivity contribution < 1.29 is 4.74 Å². The maximum atomic E-state index is 6.19. The highest BCUT2D eigenvalue weighted by atomic mass is 16.5. The predicted molar refractivity (Wildman–Crippen MR) is 264 cm³/mol. The molecule has 0 aromatic rings. The largest absolute Gasteiger partial charge is 0.381 e. The van der Waals surface area contributed by atoms with Crippen LogP contribution in [0.2, 0.25) is 0 Å². The zero-order valence-electron chi connectivity index (χ0n) is 40.6. The second-order valence-electron chi connectivity index (χ2n) is 19.0. The molecule has 0 amide bonds. The Labute approximate surface area is 367 Å². The van der Waals surface area contributed by atoms with Crippen molar-refractivity contribution >= 4 is 0 Å². The molecular weight excluding hydrogens is 703 g/mol. The van der Waals surface area contributed by atoms with Crippen LogP contribution in [-0.4, -0.2) is 37.7 Å². The average Bonchev–Trinajstić information content (AvgIpc) is 3.21. The molecule has 342 valence electrons. The van der Waals surface area contributed by atoms with Gasteiger partial charge in [-0.3, -0.25) is 4.90 Å².